The molecule has 0 unspecified atom stereocenters. The topological polar surface area (TPSA) is 85.4 Å². The van der Waals surface area contributed by atoms with Crippen molar-refractivity contribution in [1.82, 2.24) is 24.2 Å². The fraction of sp³-hybridized carbons (Fsp3) is 0.414. The fourth-order valence-corrected chi connectivity index (χ4v) is 5.30. The Labute approximate surface area is 224 Å². The lowest BCUT2D eigenvalue weighted by molar-refractivity contribution is -0.0364. The maximum Gasteiger partial charge on any atom is 0.264 e. The van der Waals surface area contributed by atoms with E-state index in [2.05, 4.69) is 15.0 Å². The summed E-state index contributed by atoms with van der Waals surface area (Å²) in [6, 6.07) is 13.6. The van der Waals surface area contributed by atoms with Crippen LogP contribution in [0.15, 0.2) is 65.8 Å². The lowest BCUT2D eigenvalue weighted by atomic mass is 9.83. The highest BCUT2D eigenvalue weighted by molar-refractivity contribution is 5.75. The Morgan fingerprint density at radius 2 is 1.72 bits per heavy atom. The normalized spacial score (nSPS) is 18.6. The van der Waals surface area contributed by atoms with Crippen LogP contribution in [0.5, 0.6) is 5.75 Å². The lowest BCUT2D eigenvalue weighted by Crippen LogP contribution is -2.47. The van der Waals surface area contributed by atoms with Crippen molar-refractivity contribution in [2.24, 2.45) is 0 Å². The quantitative estimate of drug-likeness (QED) is 0.367. The molecule has 2 aromatic carbocycles. The molecule has 0 atom stereocenters. The number of nitrogens with zero attached hydrogens (tertiary/aromatic N) is 5. The summed E-state index contributed by atoms with van der Waals surface area (Å²) in [6.45, 7) is 2.22. The number of rotatable bonds is 8. The maximum absolute atomic E-state index is 14.2. The van der Waals surface area contributed by atoms with Crippen molar-refractivity contribution in [1.29, 1.82) is 0 Å². The average molecular weight is 536 g/mol. The molecule has 1 N–H and O–H groups in total. The van der Waals surface area contributed by atoms with E-state index in [1.807, 2.05) is 0 Å². The van der Waals surface area contributed by atoms with E-state index in [9.17, 15) is 18.7 Å². The van der Waals surface area contributed by atoms with Gasteiger partial charge in [-0.2, -0.15) is 5.10 Å². The summed E-state index contributed by atoms with van der Waals surface area (Å²) in [5, 5.41) is 16.0. The van der Waals surface area contributed by atoms with Gasteiger partial charge in [0.25, 0.3) is 5.56 Å². The first kappa shape index (κ1) is 25.6. The summed E-state index contributed by atoms with van der Waals surface area (Å²) in [5.41, 5.74) is -0.358. The molecule has 0 bridgehead atoms. The molecule has 10 heteroatoms. The van der Waals surface area contributed by atoms with Crippen LogP contribution in [0.4, 0.5) is 8.78 Å². The van der Waals surface area contributed by atoms with Gasteiger partial charge >= 0.3 is 0 Å². The number of piperidine rings is 1. The Balaban J connectivity index is 1.11. The van der Waals surface area contributed by atoms with Crippen molar-refractivity contribution in [3.63, 3.8) is 0 Å². The van der Waals surface area contributed by atoms with Gasteiger partial charge < -0.3 is 9.84 Å². The summed E-state index contributed by atoms with van der Waals surface area (Å²) in [7, 11) is 0. The van der Waals surface area contributed by atoms with Gasteiger partial charge in [0.15, 0.2) is 5.65 Å². The zero-order valence-corrected chi connectivity index (χ0v) is 21.6. The number of alkyl halides is 1. The SMILES string of the molecule is O=c1c2cnn(-c3ccc(OCC4(F)CCC4)cc3)c2ncn1CC1(O)CCN(Cc2ccc(F)cc2)CC1. The summed E-state index contributed by atoms with van der Waals surface area (Å²) in [5.74, 6) is 0.318. The van der Waals surface area contributed by atoms with Gasteiger partial charge in [-0.15, -0.1) is 0 Å². The first-order valence-corrected chi connectivity index (χ1v) is 13.3. The largest absolute Gasteiger partial charge is 0.490 e. The number of aliphatic hydroxyl groups is 1. The Kier molecular flexibility index (Phi) is 6.68. The molecule has 4 aromatic rings. The van der Waals surface area contributed by atoms with E-state index in [-0.39, 0.29) is 24.5 Å². The molecule has 0 amide bonds. The van der Waals surface area contributed by atoms with Gasteiger partial charge in [-0.25, -0.2) is 18.4 Å². The second-order valence-electron chi connectivity index (χ2n) is 10.9. The van der Waals surface area contributed by atoms with E-state index >= 15 is 0 Å². The molecule has 39 heavy (non-hydrogen) atoms. The molecule has 204 valence electrons. The van der Waals surface area contributed by atoms with Gasteiger partial charge in [-0.05, 0) is 74.1 Å². The van der Waals surface area contributed by atoms with Crippen LogP contribution in [0.2, 0.25) is 0 Å². The number of hydrogen-bond acceptors (Lipinski definition) is 6. The first-order chi connectivity index (χ1) is 18.8. The molecule has 1 saturated heterocycles. The first-order valence-electron chi connectivity index (χ1n) is 13.3. The highest BCUT2D eigenvalue weighted by Crippen LogP contribution is 2.36. The summed E-state index contributed by atoms with van der Waals surface area (Å²) in [6.07, 6.45) is 5.96. The fourth-order valence-electron chi connectivity index (χ4n) is 5.30. The zero-order valence-electron chi connectivity index (χ0n) is 21.6. The molecule has 1 aliphatic heterocycles. The molecule has 1 aliphatic carbocycles. The molecule has 2 fully saturated rings. The molecule has 3 heterocycles. The van der Waals surface area contributed by atoms with Crippen molar-refractivity contribution in [3.05, 3.63) is 82.8 Å². The molecular formula is C29H31F2N5O3. The van der Waals surface area contributed by atoms with E-state index in [0.717, 1.165) is 12.0 Å². The molecule has 6 rings (SSSR count). The van der Waals surface area contributed by atoms with Crippen molar-refractivity contribution in [2.75, 3.05) is 19.7 Å². The van der Waals surface area contributed by atoms with Gasteiger partial charge in [-0.3, -0.25) is 14.3 Å². The Bertz CT molecular complexity index is 1500. The van der Waals surface area contributed by atoms with Crippen LogP contribution in [0.25, 0.3) is 16.7 Å². The van der Waals surface area contributed by atoms with Crippen molar-refractivity contribution in [3.8, 4) is 11.4 Å². The minimum Gasteiger partial charge on any atom is -0.490 e. The third kappa shape index (κ3) is 5.44. The minimum atomic E-state index is -1.21. The Morgan fingerprint density at radius 3 is 2.38 bits per heavy atom. The third-order valence-corrected chi connectivity index (χ3v) is 7.95. The minimum absolute atomic E-state index is 0.0524. The number of hydrogen-bond donors (Lipinski definition) is 1. The van der Waals surface area contributed by atoms with Crippen LogP contribution >= 0.6 is 0 Å². The van der Waals surface area contributed by atoms with Crippen molar-refractivity contribution < 1.29 is 18.6 Å². The number of halogens is 2. The number of fused-ring (bicyclic) bond motifs is 1. The van der Waals surface area contributed by atoms with E-state index in [1.54, 1.807) is 41.1 Å². The van der Waals surface area contributed by atoms with Crippen molar-refractivity contribution in [2.45, 2.75) is 56.5 Å². The number of benzene rings is 2. The number of likely N-dealkylation sites (tertiary alicyclic amines) is 1. The van der Waals surface area contributed by atoms with Gasteiger partial charge in [0.1, 0.15) is 35.6 Å². The highest BCUT2D eigenvalue weighted by atomic mass is 19.1. The molecular weight excluding hydrogens is 504 g/mol. The molecule has 2 aromatic heterocycles. The van der Waals surface area contributed by atoms with E-state index in [0.29, 0.717) is 67.8 Å². The third-order valence-electron chi connectivity index (χ3n) is 7.95. The van der Waals surface area contributed by atoms with Crippen LogP contribution in [0, 0.1) is 5.82 Å². The predicted octanol–water partition coefficient (Wildman–Crippen LogP) is 4.02. The monoisotopic (exact) mass is 535 g/mol. The summed E-state index contributed by atoms with van der Waals surface area (Å²) < 4.78 is 36.0. The number of aromatic nitrogens is 4. The Morgan fingerprint density at radius 1 is 1.00 bits per heavy atom. The number of ether oxygens (including phenoxy) is 1. The van der Waals surface area contributed by atoms with Gasteiger partial charge in [0, 0.05) is 19.6 Å². The second-order valence-corrected chi connectivity index (χ2v) is 10.9. The maximum atomic E-state index is 14.2. The second kappa shape index (κ2) is 10.2. The molecule has 0 spiro atoms. The van der Waals surface area contributed by atoms with Crippen molar-refractivity contribution >= 4 is 11.0 Å². The van der Waals surface area contributed by atoms with Crippen LogP contribution < -0.4 is 10.3 Å². The molecule has 8 nitrogen and oxygen atoms in total. The van der Waals surface area contributed by atoms with Crippen LogP contribution in [-0.2, 0) is 13.1 Å². The molecule has 2 aliphatic rings. The van der Waals surface area contributed by atoms with Crippen LogP contribution in [0.3, 0.4) is 0 Å². The van der Waals surface area contributed by atoms with Crippen LogP contribution in [0.1, 0.15) is 37.7 Å². The summed E-state index contributed by atoms with van der Waals surface area (Å²) in [4.78, 5) is 20.0. The Hall–Kier alpha value is -3.63. The van der Waals surface area contributed by atoms with Crippen LogP contribution in [-0.4, -0.2) is 60.3 Å². The van der Waals surface area contributed by atoms with E-state index in [4.69, 9.17) is 4.74 Å². The molecule has 1 saturated carbocycles. The highest BCUT2D eigenvalue weighted by Gasteiger charge is 2.38. The van der Waals surface area contributed by atoms with E-state index < -0.39 is 11.3 Å². The standard InChI is InChI=1S/C29H31F2N5O3/c30-22-4-2-21(3-5-22)17-34-14-12-29(38,13-15-34)18-35-20-32-26-25(27(35)37)16-33-36(26)23-6-8-24(9-7-23)39-19-28(31)10-1-11-28/h2-9,16,20,38H,1,10-15,17-19H2. The van der Waals surface area contributed by atoms with E-state index in [1.165, 1.54) is 29.2 Å². The zero-order chi connectivity index (χ0) is 27.0. The van der Waals surface area contributed by atoms with Gasteiger partial charge in [0.2, 0.25) is 0 Å². The van der Waals surface area contributed by atoms with Gasteiger partial charge in [0.05, 0.1) is 24.0 Å². The smallest absolute Gasteiger partial charge is 0.264 e. The van der Waals surface area contributed by atoms with Gasteiger partial charge in [-0.1, -0.05) is 12.1 Å². The lowest BCUT2D eigenvalue weighted by Gasteiger charge is -2.38. The predicted molar refractivity (Wildman–Crippen MR) is 142 cm³/mol. The average Bonchev–Trinajstić information content (AvgIpc) is 3.36. The summed E-state index contributed by atoms with van der Waals surface area (Å²) >= 11 is 0. The molecule has 0 radical (unpaired) electrons.